The molecule has 2 nitrogen and oxygen atoms in total. The fourth-order valence-corrected chi connectivity index (χ4v) is 2.70. The van der Waals surface area contributed by atoms with Crippen LogP contribution in [0.4, 0.5) is 5.82 Å². The quantitative estimate of drug-likeness (QED) is 0.844. The second kappa shape index (κ2) is 5.97. The van der Waals surface area contributed by atoms with Crippen molar-refractivity contribution in [3.63, 3.8) is 0 Å². The van der Waals surface area contributed by atoms with Gasteiger partial charge in [-0.1, -0.05) is 11.6 Å². The number of nitrogens with zero attached hydrogens (tertiary/aromatic N) is 2. The van der Waals surface area contributed by atoms with Crippen LogP contribution in [-0.2, 0) is 0 Å². The Bertz CT molecular complexity index is 335. The van der Waals surface area contributed by atoms with E-state index < -0.39 is 0 Å². The lowest BCUT2D eigenvalue weighted by Crippen LogP contribution is -2.31. The minimum atomic E-state index is 0.422. The van der Waals surface area contributed by atoms with Gasteiger partial charge in [0.1, 0.15) is 5.82 Å². The second-order valence-electron chi connectivity index (χ2n) is 3.37. The Morgan fingerprint density at radius 1 is 1.67 bits per heavy atom. The number of halogens is 2. The lowest BCUT2D eigenvalue weighted by Gasteiger charge is -2.26. The van der Waals surface area contributed by atoms with Crippen molar-refractivity contribution in [2.45, 2.75) is 13.0 Å². The molecular formula is C10H14BrClN2S. The van der Waals surface area contributed by atoms with Crippen LogP contribution in [-0.4, -0.2) is 30.1 Å². The van der Waals surface area contributed by atoms with Gasteiger partial charge in [-0.3, -0.25) is 0 Å². The third-order valence-electron chi connectivity index (χ3n) is 2.19. The number of thioether (sulfide) groups is 1. The summed E-state index contributed by atoms with van der Waals surface area (Å²) < 4.78 is 0.905. The molecule has 1 aromatic heterocycles. The number of anilines is 1. The Morgan fingerprint density at radius 2 is 2.33 bits per heavy atom. The minimum absolute atomic E-state index is 0.422. The number of hydrogen-bond acceptors (Lipinski definition) is 3. The van der Waals surface area contributed by atoms with Crippen molar-refractivity contribution < 1.29 is 0 Å². The molecule has 0 amide bonds. The van der Waals surface area contributed by atoms with Gasteiger partial charge in [0.25, 0.3) is 0 Å². The predicted molar refractivity (Wildman–Crippen MR) is 73.2 cm³/mol. The highest BCUT2D eigenvalue weighted by Crippen LogP contribution is 2.26. The van der Waals surface area contributed by atoms with Crippen molar-refractivity contribution in [3.8, 4) is 0 Å². The highest BCUT2D eigenvalue weighted by molar-refractivity contribution is 9.10. The molecule has 1 rings (SSSR count). The molecule has 0 aromatic carbocycles. The molecule has 0 fully saturated rings. The van der Waals surface area contributed by atoms with E-state index >= 15 is 0 Å². The molecule has 1 unspecified atom stereocenters. The second-order valence-corrected chi connectivity index (χ2v) is 5.61. The highest BCUT2D eigenvalue weighted by atomic mass is 79.9. The van der Waals surface area contributed by atoms with Gasteiger partial charge in [0.2, 0.25) is 0 Å². The maximum atomic E-state index is 6.13. The van der Waals surface area contributed by atoms with E-state index in [4.69, 9.17) is 11.6 Å². The number of hydrogen-bond donors (Lipinski definition) is 0. The normalized spacial score (nSPS) is 12.6. The lowest BCUT2D eigenvalue weighted by atomic mass is 10.3. The number of pyridine rings is 1. The van der Waals surface area contributed by atoms with Crippen molar-refractivity contribution in [2.75, 3.05) is 24.0 Å². The van der Waals surface area contributed by atoms with Crippen LogP contribution in [0, 0.1) is 0 Å². The zero-order valence-corrected chi connectivity index (χ0v) is 12.2. The fraction of sp³-hybridized carbons (Fsp3) is 0.500. The molecule has 84 valence electrons. The predicted octanol–water partition coefficient (Wildman–Crippen LogP) is 3.69. The molecule has 5 heteroatoms. The van der Waals surface area contributed by atoms with Crippen molar-refractivity contribution in [3.05, 3.63) is 21.8 Å². The van der Waals surface area contributed by atoms with E-state index in [0.717, 1.165) is 16.0 Å². The number of rotatable bonds is 4. The van der Waals surface area contributed by atoms with E-state index in [1.807, 2.05) is 24.9 Å². The highest BCUT2D eigenvalue weighted by Gasteiger charge is 2.13. The maximum Gasteiger partial charge on any atom is 0.147 e. The molecule has 1 aromatic rings. The summed E-state index contributed by atoms with van der Waals surface area (Å²) >= 11 is 11.3. The molecule has 15 heavy (non-hydrogen) atoms. The first kappa shape index (κ1) is 13.1. The molecule has 0 saturated carbocycles. The Hall–Kier alpha value is 0.0700. The van der Waals surface area contributed by atoms with E-state index in [1.54, 1.807) is 6.20 Å². The van der Waals surface area contributed by atoms with Crippen LogP contribution in [0.25, 0.3) is 0 Å². The average molecular weight is 310 g/mol. The first-order chi connectivity index (χ1) is 7.06. The Morgan fingerprint density at radius 3 is 2.87 bits per heavy atom. The summed E-state index contributed by atoms with van der Waals surface area (Å²) in [5.41, 5.74) is 0. The molecule has 1 heterocycles. The van der Waals surface area contributed by atoms with E-state index in [9.17, 15) is 0 Å². The monoisotopic (exact) mass is 308 g/mol. The largest absolute Gasteiger partial charge is 0.355 e. The van der Waals surface area contributed by atoms with Crippen molar-refractivity contribution >= 4 is 45.1 Å². The van der Waals surface area contributed by atoms with Gasteiger partial charge in [0.15, 0.2) is 0 Å². The zero-order valence-electron chi connectivity index (χ0n) is 9.00. The summed E-state index contributed by atoms with van der Waals surface area (Å²) in [7, 11) is 2.02. The van der Waals surface area contributed by atoms with Crippen LogP contribution in [0.2, 0.25) is 5.02 Å². The van der Waals surface area contributed by atoms with Gasteiger partial charge in [0.05, 0.1) is 5.02 Å². The summed E-state index contributed by atoms with van der Waals surface area (Å²) in [6, 6.07) is 2.29. The SMILES string of the molecule is CSCC(C)N(C)c1ncc(Br)cc1Cl. The van der Waals surface area contributed by atoms with Crippen molar-refractivity contribution in [1.29, 1.82) is 0 Å². The van der Waals surface area contributed by atoms with Crippen LogP contribution in [0.3, 0.4) is 0 Å². The third kappa shape index (κ3) is 3.54. The van der Waals surface area contributed by atoms with Crippen molar-refractivity contribution in [2.24, 2.45) is 0 Å². The maximum absolute atomic E-state index is 6.13. The Kier molecular flexibility index (Phi) is 5.23. The van der Waals surface area contributed by atoms with E-state index in [1.165, 1.54) is 0 Å². The molecule has 0 aliphatic carbocycles. The molecule has 0 N–H and O–H groups in total. The number of aromatic nitrogens is 1. The smallest absolute Gasteiger partial charge is 0.147 e. The summed E-state index contributed by atoms with van der Waals surface area (Å²) in [5.74, 6) is 1.89. The van der Waals surface area contributed by atoms with Crippen LogP contribution in [0.5, 0.6) is 0 Å². The van der Waals surface area contributed by atoms with Crippen LogP contribution in [0.1, 0.15) is 6.92 Å². The Labute approximate surface area is 109 Å². The zero-order chi connectivity index (χ0) is 11.4. The minimum Gasteiger partial charge on any atom is -0.355 e. The molecule has 0 saturated heterocycles. The fourth-order valence-electron chi connectivity index (χ4n) is 1.23. The van der Waals surface area contributed by atoms with Gasteiger partial charge >= 0.3 is 0 Å². The molecule has 0 bridgehead atoms. The Balaban J connectivity index is 2.86. The molecule has 0 aliphatic rings. The molecule has 0 spiro atoms. The lowest BCUT2D eigenvalue weighted by molar-refractivity contribution is 0.753. The van der Waals surface area contributed by atoms with Gasteiger partial charge in [-0.25, -0.2) is 4.98 Å². The van der Waals surface area contributed by atoms with Gasteiger partial charge in [0, 0.05) is 29.5 Å². The average Bonchev–Trinajstić information content (AvgIpc) is 2.17. The molecule has 0 aliphatic heterocycles. The van der Waals surface area contributed by atoms with Gasteiger partial charge in [-0.15, -0.1) is 0 Å². The first-order valence-electron chi connectivity index (χ1n) is 4.59. The summed E-state index contributed by atoms with van der Waals surface area (Å²) in [4.78, 5) is 6.42. The van der Waals surface area contributed by atoms with Gasteiger partial charge < -0.3 is 4.90 Å². The topological polar surface area (TPSA) is 16.1 Å². The summed E-state index contributed by atoms with van der Waals surface area (Å²) in [5, 5.41) is 0.680. The van der Waals surface area contributed by atoms with Crippen molar-refractivity contribution in [1.82, 2.24) is 4.98 Å². The molecular weight excluding hydrogens is 296 g/mol. The van der Waals surface area contributed by atoms with Crippen LogP contribution < -0.4 is 4.90 Å². The third-order valence-corrected chi connectivity index (χ3v) is 3.72. The standard InChI is InChI=1S/C10H14BrClN2S/c1-7(6-15-3)14(2)10-9(12)4-8(11)5-13-10/h4-5,7H,6H2,1-3H3. The van der Waals surface area contributed by atoms with Gasteiger partial charge in [-0.05, 0) is 35.2 Å². The van der Waals surface area contributed by atoms with E-state index in [2.05, 4.69) is 39.0 Å². The van der Waals surface area contributed by atoms with Gasteiger partial charge in [-0.2, -0.15) is 11.8 Å². The molecule has 1 atom stereocenters. The summed E-state index contributed by atoms with van der Waals surface area (Å²) in [6.07, 6.45) is 3.87. The first-order valence-corrected chi connectivity index (χ1v) is 7.15. The van der Waals surface area contributed by atoms with E-state index in [-0.39, 0.29) is 0 Å². The summed E-state index contributed by atoms with van der Waals surface area (Å²) in [6.45, 7) is 2.16. The van der Waals surface area contributed by atoms with Crippen LogP contribution >= 0.6 is 39.3 Å². The molecule has 0 radical (unpaired) electrons. The van der Waals surface area contributed by atoms with Crippen LogP contribution in [0.15, 0.2) is 16.7 Å². The van der Waals surface area contributed by atoms with E-state index in [0.29, 0.717) is 11.1 Å².